The molecule has 0 saturated carbocycles. The number of hydrogen-bond donors (Lipinski definition) is 0. The molecule has 1 aromatic heterocycles. The molecule has 0 radical (unpaired) electrons. The Balaban J connectivity index is 2.35. The molecule has 0 N–H and O–H groups in total. The van der Waals surface area contributed by atoms with Gasteiger partial charge in [-0.3, -0.25) is 4.79 Å². The second-order valence-electron chi connectivity index (χ2n) is 4.14. The predicted octanol–water partition coefficient (Wildman–Crippen LogP) is 2.81. The van der Waals surface area contributed by atoms with Crippen LogP contribution in [0.2, 0.25) is 0 Å². The van der Waals surface area contributed by atoms with Gasteiger partial charge in [-0.1, -0.05) is 6.92 Å². The number of aryl methyl sites for hydroxylation is 1. The zero-order valence-corrected chi connectivity index (χ0v) is 10.4. The number of carbonyl (C=O) groups is 1. The summed E-state index contributed by atoms with van der Waals surface area (Å²) in [6, 6.07) is 6.76. The Morgan fingerprint density at radius 3 is 2.83 bits per heavy atom. The van der Waals surface area contributed by atoms with E-state index in [0.29, 0.717) is 23.3 Å². The first-order chi connectivity index (χ1) is 8.60. The van der Waals surface area contributed by atoms with Crippen molar-refractivity contribution < 1.29 is 13.9 Å². The highest BCUT2D eigenvalue weighted by atomic mass is 16.5. The molecule has 2 aromatic rings. The van der Waals surface area contributed by atoms with Gasteiger partial charge in [-0.2, -0.15) is 0 Å². The van der Waals surface area contributed by atoms with Gasteiger partial charge in [0.1, 0.15) is 11.3 Å². The van der Waals surface area contributed by atoms with Gasteiger partial charge in [0, 0.05) is 23.4 Å². The third-order valence-electron chi connectivity index (χ3n) is 2.57. The quantitative estimate of drug-likeness (QED) is 0.474. The Morgan fingerprint density at radius 2 is 2.11 bits per heavy atom. The van der Waals surface area contributed by atoms with Gasteiger partial charge < -0.3 is 9.15 Å². The van der Waals surface area contributed by atoms with Crippen molar-refractivity contribution in [3.8, 4) is 5.75 Å². The highest BCUT2D eigenvalue weighted by Gasteiger charge is 2.06. The van der Waals surface area contributed by atoms with Crippen molar-refractivity contribution in [3.63, 3.8) is 0 Å². The fourth-order valence-corrected chi connectivity index (χ4v) is 1.64. The van der Waals surface area contributed by atoms with Gasteiger partial charge >= 0.3 is 11.6 Å². The maximum Gasteiger partial charge on any atom is 0.339 e. The number of ether oxygens (including phenoxy) is 1. The molecule has 0 aliphatic rings. The molecule has 1 aromatic carbocycles. The molecule has 18 heavy (non-hydrogen) atoms. The fourth-order valence-electron chi connectivity index (χ4n) is 1.64. The van der Waals surface area contributed by atoms with Crippen LogP contribution in [0.4, 0.5) is 0 Å². The number of fused-ring (bicyclic) bond motifs is 1. The van der Waals surface area contributed by atoms with E-state index in [1.165, 1.54) is 0 Å². The molecule has 1 heterocycles. The first kappa shape index (κ1) is 12.4. The lowest BCUT2D eigenvalue weighted by atomic mass is 10.2. The van der Waals surface area contributed by atoms with Crippen molar-refractivity contribution in [1.29, 1.82) is 0 Å². The standard InChI is InChI=1S/C14H14O4/c1-3-4-13(15)17-11-6-5-10-7-9(2)14(16)18-12(10)8-11/h5-8H,3-4H2,1-2H3. The summed E-state index contributed by atoms with van der Waals surface area (Å²) < 4.78 is 10.3. The van der Waals surface area contributed by atoms with E-state index in [2.05, 4.69) is 0 Å². The lowest BCUT2D eigenvalue weighted by Crippen LogP contribution is -2.07. The van der Waals surface area contributed by atoms with Crippen LogP contribution < -0.4 is 10.4 Å². The number of esters is 1. The topological polar surface area (TPSA) is 56.5 Å². The molecule has 0 amide bonds. The Labute approximate surface area is 104 Å². The van der Waals surface area contributed by atoms with E-state index in [1.807, 2.05) is 6.92 Å². The van der Waals surface area contributed by atoms with Gasteiger partial charge in [0.15, 0.2) is 0 Å². The average molecular weight is 246 g/mol. The van der Waals surface area contributed by atoms with E-state index in [-0.39, 0.29) is 11.6 Å². The van der Waals surface area contributed by atoms with E-state index >= 15 is 0 Å². The maximum absolute atomic E-state index is 11.4. The normalized spacial score (nSPS) is 10.6. The van der Waals surface area contributed by atoms with Crippen LogP contribution in [-0.2, 0) is 4.79 Å². The van der Waals surface area contributed by atoms with Crippen LogP contribution in [-0.4, -0.2) is 5.97 Å². The highest BCUT2D eigenvalue weighted by Crippen LogP contribution is 2.20. The van der Waals surface area contributed by atoms with Gasteiger partial charge in [0.05, 0.1) is 0 Å². The van der Waals surface area contributed by atoms with Crippen molar-refractivity contribution in [2.75, 3.05) is 0 Å². The van der Waals surface area contributed by atoms with Crippen LogP contribution in [0.25, 0.3) is 11.0 Å². The molecule has 4 heteroatoms. The summed E-state index contributed by atoms with van der Waals surface area (Å²) in [6.07, 6.45) is 1.11. The van der Waals surface area contributed by atoms with Gasteiger partial charge in [-0.05, 0) is 31.5 Å². The molecule has 2 rings (SSSR count). The van der Waals surface area contributed by atoms with Crippen molar-refractivity contribution in [3.05, 3.63) is 40.2 Å². The third-order valence-corrected chi connectivity index (χ3v) is 2.57. The molecular formula is C14H14O4. The zero-order chi connectivity index (χ0) is 13.1. The summed E-state index contributed by atoms with van der Waals surface area (Å²) in [5.41, 5.74) is 0.602. The summed E-state index contributed by atoms with van der Waals surface area (Å²) in [4.78, 5) is 22.7. The summed E-state index contributed by atoms with van der Waals surface area (Å²) in [5, 5.41) is 0.808. The van der Waals surface area contributed by atoms with Crippen molar-refractivity contribution in [2.24, 2.45) is 0 Å². The second-order valence-corrected chi connectivity index (χ2v) is 4.14. The predicted molar refractivity (Wildman–Crippen MR) is 67.8 cm³/mol. The minimum atomic E-state index is -0.375. The summed E-state index contributed by atoms with van der Waals surface area (Å²) in [6.45, 7) is 3.60. The second kappa shape index (κ2) is 5.04. The van der Waals surface area contributed by atoms with Crippen LogP contribution in [0, 0.1) is 6.92 Å². The van der Waals surface area contributed by atoms with Gasteiger partial charge in [-0.15, -0.1) is 0 Å². The molecule has 0 aliphatic heterocycles. The van der Waals surface area contributed by atoms with Gasteiger partial charge in [0.25, 0.3) is 0 Å². The van der Waals surface area contributed by atoms with Gasteiger partial charge in [-0.25, -0.2) is 4.79 Å². The first-order valence-corrected chi connectivity index (χ1v) is 5.85. The molecule has 0 spiro atoms. The Kier molecular flexibility index (Phi) is 3.46. The van der Waals surface area contributed by atoms with E-state index in [9.17, 15) is 9.59 Å². The highest BCUT2D eigenvalue weighted by molar-refractivity contribution is 5.80. The van der Waals surface area contributed by atoms with Crippen LogP contribution in [0.1, 0.15) is 25.3 Å². The average Bonchev–Trinajstić information content (AvgIpc) is 2.31. The Hall–Kier alpha value is -2.10. The molecule has 0 atom stereocenters. The summed E-state index contributed by atoms with van der Waals surface area (Å²) in [5.74, 6) is 0.110. The molecular weight excluding hydrogens is 232 g/mol. The Morgan fingerprint density at radius 1 is 1.33 bits per heavy atom. The third kappa shape index (κ3) is 2.59. The molecule has 0 fully saturated rings. The van der Waals surface area contributed by atoms with Crippen LogP contribution in [0.3, 0.4) is 0 Å². The van der Waals surface area contributed by atoms with E-state index < -0.39 is 0 Å². The fraction of sp³-hybridized carbons (Fsp3) is 0.286. The minimum Gasteiger partial charge on any atom is -0.426 e. The maximum atomic E-state index is 11.4. The number of benzene rings is 1. The number of carbonyl (C=O) groups excluding carboxylic acids is 1. The van der Waals surface area contributed by atoms with Crippen LogP contribution >= 0.6 is 0 Å². The van der Waals surface area contributed by atoms with Crippen molar-refractivity contribution in [2.45, 2.75) is 26.7 Å². The number of rotatable bonds is 3. The molecule has 0 bridgehead atoms. The number of hydrogen-bond acceptors (Lipinski definition) is 4. The lowest BCUT2D eigenvalue weighted by Gasteiger charge is -2.04. The molecule has 0 saturated heterocycles. The SMILES string of the molecule is CCCC(=O)Oc1ccc2cc(C)c(=O)oc2c1. The zero-order valence-electron chi connectivity index (χ0n) is 10.4. The largest absolute Gasteiger partial charge is 0.426 e. The van der Waals surface area contributed by atoms with E-state index in [0.717, 1.165) is 11.8 Å². The summed E-state index contributed by atoms with van der Waals surface area (Å²) in [7, 11) is 0. The molecule has 0 unspecified atom stereocenters. The van der Waals surface area contributed by atoms with Crippen molar-refractivity contribution in [1.82, 2.24) is 0 Å². The monoisotopic (exact) mass is 246 g/mol. The summed E-state index contributed by atoms with van der Waals surface area (Å²) >= 11 is 0. The smallest absolute Gasteiger partial charge is 0.339 e. The van der Waals surface area contributed by atoms with Crippen LogP contribution in [0.5, 0.6) is 5.75 Å². The van der Waals surface area contributed by atoms with Crippen LogP contribution in [0.15, 0.2) is 33.5 Å². The Bertz CT molecular complexity index is 640. The molecule has 94 valence electrons. The first-order valence-electron chi connectivity index (χ1n) is 5.85. The molecule has 0 aliphatic carbocycles. The van der Waals surface area contributed by atoms with Crippen molar-refractivity contribution >= 4 is 16.9 Å². The minimum absolute atomic E-state index is 0.286. The molecule has 4 nitrogen and oxygen atoms in total. The van der Waals surface area contributed by atoms with E-state index in [1.54, 1.807) is 31.2 Å². The van der Waals surface area contributed by atoms with E-state index in [4.69, 9.17) is 9.15 Å². The van der Waals surface area contributed by atoms with Gasteiger partial charge in [0.2, 0.25) is 0 Å². The lowest BCUT2D eigenvalue weighted by molar-refractivity contribution is -0.134.